The summed E-state index contributed by atoms with van der Waals surface area (Å²) < 4.78 is 28.4. The SMILES string of the molecule is COc1cccc(-c2c(OCc3ccccc3)cc3c(c2OC)OCO3)c1. The van der Waals surface area contributed by atoms with Crippen molar-refractivity contribution in [1.29, 1.82) is 0 Å². The number of methoxy groups -OCH3 is 2. The van der Waals surface area contributed by atoms with Crippen molar-refractivity contribution >= 4 is 0 Å². The maximum Gasteiger partial charge on any atom is 0.231 e. The molecule has 5 heteroatoms. The summed E-state index contributed by atoms with van der Waals surface area (Å²) in [5.41, 5.74) is 2.79. The molecular formula is C22H20O5. The summed E-state index contributed by atoms with van der Waals surface area (Å²) in [6.45, 7) is 0.589. The van der Waals surface area contributed by atoms with Crippen molar-refractivity contribution in [2.24, 2.45) is 0 Å². The van der Waals surface area contributed by atoms with Crippen LogP contribution in [0.4, 0.5) is 0 Å². The summed E-state index contributed by atoms with van der Waals surface area (Å²) in [7, 11) is 3.25. The lowest BCUT2D eigenvalue weighted by Gasteiger charge is -2.17. The van der Waals surface area contributed by atoms with Gasteiger partial charge in [0.1, 0.15) is 18.1 Å². The highest BCUT2D eigenvalue weighted by molar-refractivity contribution is 5.83. The van der Waals surface area contributed by atoms with E-state index < -0.39 is 0 Å². The molecule has 138 valence electrons. The van der Waals surface area contributed by atoms with Crippen LogP contribution in [-0.4, -0.2) is 21.0 Å². The fourth-order valence-electron chi connectivity index (χ4n) is 3.09. The van der Waals surface area contributed by atoms with Crippen LogP contribution in [0, 0.1) is 0 Å². The van der Waals surface area contributed by atoms with Crippen LogP contribution in [0.1, 0.15) is 5.56 Å². The molecule has 0 saturated heterocycles. The lowest BCUT2D eigenvalue weighted by atomic mass is 10.0. The fourth-order valence-corrected chi connectivity index (χ4v) is 3.09. The molecule has 0 unspecified atom stereocenters. The molecule has 1 heterocycles. The largest absolute Gasteiger partial charge is 0.497 e. The molecule has 4 rings (SSSR count). The van der Waals surface area contributed by atoms with E-state index in [4.69, 9.17) is 23.7 Å². The number of benzene rings is 3. The highest BCUT2D eigenvalue weighted by Crippen LogP contribution is 2.52. The van der Waals surface area contributed by atoms with Gasteiger partial charge in [0, 0.05) is 6.07 Å². The Bertz CT molecular complexity index is 937. The average Bonchev–Trinajstić information content (AvgIpc) is 3.20. The standard InChI is InChI=1S/C22H20O5/c1-23-17-10-6-9-16(11-17)20-18(25-13-15-7-4-3-5-8-15)12-19-21(22(20)24-2)27-14-26-19/h3-12H,13-14H2,1-2H3. The molecule has 0 fully saturated rings. The molecule has 1 aliphatic rings. The molecule has 0 amide bonds. The van der Waals surface area contributed by atoms with Gasteiger partial charge < -0.3 is 23.7 Å². The number of rotatable bonds is 6. The van der Waals surface area contributed by atoms with Gasteiger partial charge in [0.15, 0.2) is 11.5 Å². The second kappa shape index (κ2) is 7.50. The summed E-state index contributed by atoms with van der Waals surface area (Å²) in [4.78, 5) is 0. The molecule has 3 aromatic rings. The van der Waals surface area contributed by atoms with Crippen LogP contribution in [0.5, 0.6) is 28.7 Å². The summed E-state index contributed by atoms with van der Waals surface area (Å²) >= 11 is 0. The van der Waals surface area contributed by atoms with Gasteiger partial charge in [-0.2, -0.15) is 0 Å². The van der Waals surface area contributed by atoms with Gasteiger partial charge in [-0.25, -0.2) is 0 Å². The van der Waals surface area contributed by atoms with Gasteiger partial charge in [-0.3, -0.25) is 0 Å². The van der Waals surface area contributed by atoms with E-state index in [0.29, 0.717) is 29.6 Å². The zero-order chi connectivity index (χ0) is 18.6. The summed E-state index contributed by atoms with van der Waals surface area (Å²) in [5, 5.41) is 0. The third-order valence-corrected chi connectivity index (χ3v) is 4.38. The predicted octanol–water partition coefficient (Wildman–Crippen LogP) is 4.68. The molecule has 0 spiro atoms. The smallest absolute Gasteiger partial charge is 0.231 e. The summed E-state index contributed by atoms with van der Waals surface area (Å²) in [6.07, 6.45) is 0. The highest BCUT2D eigenvalue weighted by Gasteiger charge is 2.27. The second-order valence-electron chi connectivity index (χ2n) is 6.02. The zero-order valence-electron chi connectivity index (χ0n) is 15.2. The zero-order valence-corrected chi connectivity index (χ0v) is 15.2. The maximum atomic E-state index is 6.16. The monoisotopic (exact) mass is 364 g/mol. The normalized spacial score (nSPS) is 11.9. The van der Waals surface area contributed by atoms with Crippen molar-refractivity contribution in [1.82, 2.24) is 0 Å². The molecule has 3 aromatic carbocycles. The second-order valence-corrected chi connectivity index (χ2v) is 6.02. The Balaban J connectivity index is 1.81. The van der Waals surface area contributed by atoms with Crippen molar-refractivity contribution in [3.05, 3.63) is 66.2 Å². The molecule has 0 radical (unpaired) electrons. The Labute approximate surface area is 158 Å². The first-order valence-electron chi connectivity index (χ1n) is 8.62. The van der Waals surface area contributed by atoms with E-state index in [2.05, 4.69) is 0 Å². The van der Waals surface area contributed by atoms with Crippen molar-refractivity contribution in [3.8, 4) is 39.9 Å². The molecule has 0 bridgehead atoms. The van der Waals surface area contributed by atoms with Crippen molar-refractivity contribution in [3.63, 3.8) is 0 Å². The van der Waals surface area contributed by atoms with E-state index in [1.165, 1.54) is 0 Å². The Hall–Kier alpha value is -3.34. The Morgan fingerprint density at radius 3 is 2.52 bits per heavy atom. The van der Waals surface area contributed by atoms with E-state index in [9.17, 15) is 0 Å². The van der Waals surface area contributed by atoms with E-state index in [1.54, 1.807) is 14.2 Å². The number of hydrogen-bond donors (Lipinski definition) is 0. The van der Waals surface area contributed by atoms with Crippen LogP contribution >= 0.6 is 0 Å². The first-order valence-corrected chi connectivity index (χ1v) is 8.62. The van der Waals surface area contributed by atoms with E-state index in [1.807, 2.05) is 60.7 Å². The van der Waals surface area contributed by atoms with Gasteiger partial charge in [0.05, 0.1) is 19.8 Å². The first-order chi connectivity index (χ1) is 13.3. The van der Waals surface area contributed by atoms with E-state index >= 15 is 0 Å². The molecule has 5 nitrogen and oxygen atoms in total. The van der Waals surface area contributed by atoms with Crippen molar-refractivity contribution in [2.75, 3.05) is 21.0 Å². The number of hydrogen-bond acceptors (Lipinski definition) is 5. The minimum Gasteiger partial charge on any atom is -0.497 e. The molecule has 0 atom stereocenters. The highest BCUT2D eigenvalue weighted by atomic mass is 16.7. The van der Waals surface area contributed by atoms with Gasteiger partial charge in [-0.15, -0.1) is 0 Å². The molecular weight excluding hydrogens is 344 g/mol. The molecule has 1 aliphatic heterocycles. The van der Waals surface area contributed by atoms with Crippen LogP contribution in [0.2, 0.25) is 0 Å². The Kier molecular flexibility index (Phi) is 4.75. The van der Waals surface area contributed by atoms with Gasteiger partial charge in [-0.1, -0.05) is 42.5 Å². The minimum absolute atomic E-state index is 0.158. The lowest BCUT2D eigenvalue weighted by Crippen LogP contribution is -1.99. The molecule has 0 aliphatic carbocycles. The van der Waals surface area contributed by atoms with Crippen LogP contribution in [-0.2, 0) is 6.61 Å². The van der Waals surface area contributed by atoms with Crippen molar-refractivity contribution in [2.45, 2.75) is 6.61 Å². The van der Waals surface area contributed by atoms with Gasteiger partial charge in [-0.05, 0) is 23.3 Å². The van der Waals surface area contributed by atoms with Gasteiger partial charge >= 0.3 is 0 Å². The quantitative estimate of drug-likeness (QED) is 0.636. The summed E-state index contributed by atoms with van der Waals surface area (Å²) in [6, 6.07) is 19.6. The van der Waals surface area contributed by atoms with Crippen LogP contribution in [0.15, 0.2) is 60.7 Å². The van der Waals surface area contributed by atoms with E-state index in [0.717, 1.165) is 22.4 Å². The lowest BCUT2D eigenvalue weighted by molar-refractivity contribution is 0.171. The van der Waals surface area contributed by atoms with Gasteiger partial charge in [0.25, 0.3) is 0 Å². The van der Waals surface area contributed by atoms with Crippen LogP contribution < -0.4 is 23.7 Å². The van der Waals surface area contributed by atoms with E-state index in [-0.39, 0.29) is 6.79 Å². The number of ether oxygens (including phenoxy) is 5. The Morgan fingerprint density at radius 2 is 1.74 bits per heavy atom. The van der Waals surface area contributed by atoms with Crippen LogP contribution in [0.3, 0.4) is 0 Å². The first kappa shape index (κ1) is 17.1. The van der Waals surface area contributed by atoms with Crippen molar-refractivity contribution < 1.29 is 23.7 Å². The Morgan fingerprint density at radius 1 is 0.889 bits per heavy atom. The third-order valence-electron chi connectivity index (χ3n) is 4.38. The number of fused-ring (bicyclic) bond motifs is 1. The summed E-state index contributed by atoms with van der Waals surface area (Å²) in [5.74, 6) is 3.19. The topological polar surface area (TPSA) is 46.2 Å². The van der Waals surface area contributed by atoms with Gasteiger partial charge in [0.2, 0.25) is 12.5 Å². The molecule has 0 saturated carbocycles. The molecule has 0 N–H and O–H groups in total. The molecule has 27 heavy (non-hydrogen) atoms. The fraction of sp³-hybridized carbons (Fsp3) is 0.182. The average molecular weight is 364 g/mol. The molecule has 0 aromatic heterocycles. The predicted molar refractivity (Wildman–Crippen MR) is 102 cm³/mol. The minimum atomic E-state index is 0.158. The maximum absolute atomic E-state index is 6.16. The van der Waals surface area contributed by atoms with Crippen LogP contribution in [0.25, 0.3) is 11.1 Å². The third kappa shape index (κ3) is 3.36.